The Bertz CT molecular complexity index is 1070. The van der Waals surface area contributed by atoms with Crippen molar-refractivity contribution in [2.75, 3.05) is 13.6 Å². The zero-order chi connectivity index (χ0) is 25.9. The molecule has 9 heteroatoms. The van der Waals surface area contributed by atoms with Crippen LogP contribution >= 0.6 is 0 Å². The molecule has 8 nitrogen and oxygen atoms in total. The van der Waals surface area contributed by atoms with Gasteiger partial charge in [0.15, 0.2) is 0 Å². The number of carbonyl (C=O) groups excluding carboxylic acids is 3. The van der Waals surface area contributed by atoms with Crippen LogP contribution in [0.1, 0.15) is 58.4 Å². The second-order valence-electron chi connectivity index (χ2n) is 9.66. The Kier molecular flexibility index (Phi) is 8.66. The van der Waals surface area contributed by atoms with E-state index in [1.54, 1.807) is 31.9 Å². The van der Waals surface area contributed by atoms with Gasteiger partial charge < -0.3 is 30.4 Å². The van der Waals surface area contributed by atoms with Crippen LogP contribution < -0.4 is 10.6 Å². The lowest BCUT2D eigenvalue weighted by atomic mass is 9.80. The number of likely N-dealkylation sites (N-methyl/N-ethyl adjacent to an activating group) is 1. The molecule has 35 heavy (non-hydrogen) atoms. The van der Waals surface area contributed by atoms with Crippen molar-refractivity contribution in [2.24, 2.45) is 5.92 Å². The van der Waals surface area contributed by atoms with E-state index in [1.165, 1.54) is 19.1 Å². The third-order valence-corrected chi connectivity index (χ3v) is 7.22. The Morgan fingerprint density at radius 3 is 2.60 bits per heavy atom. The molecule has 4 N–H and O–H groups in total. The second-order valence-corrected chi connectivity index (χ2v) is 9.66. The lowest BCUT2D eigenvalue weighted by Gasteiger charge is -2.37. The fraction of sp³-hybridized carbons (Fsp3) is 0.577. The van der Waals surface area contributed by atoms with Gasteiger partial charge in [0.2, 0.25) is 11.8 Å². The van der Waals surface area contributed by atoms with Gasteiger partial charge in [0.25, 0.3) is 0 Å². The van der Waals surface area contributed by atoms with Crippen LogP contribution in [0.3, 0.4) is 0 Å². The number of hydrogen-bond donors (Lipinski definition) is 4. The number of aliphatic hydroxyl groups is 1. The number of amides is 2. The summed E-state index contributed by atoms with van der Waals surface area (Å²) in [6.07, 6.45) is 2.37. The number of ketones is 1. The van der Waals surface area contributed by atoms with Gasteiger partial charge in [-0.3, -0.25) is 9.59 Å². The number of aromatic nitrogens is 1. The third-order valence-electron chi connectivity index (χ3n) is 7.22. The van der Waals surface area contributed by atoms with Gasteiger partial charge in [0, 0.05) is 42.0 Å². The van der Waals surface area contributed by atoms with Gasteiger partial charge in [0.1, 0.15) is 17.6 Å². The van der Waals surface area contributed by atoms with Gasteiger partial charge in [-0.15, -0.1) is 0 Å². The molecule has 0 bridgehead atoms. The third kappa shape index (κ3) is 5.73. The average molecular weight is 489 g/mol. The van der Waals surface area contributed by atoms with Crippen LogP contribution in [0.15, 0.2) is 24.4 Å². The van der Waals surface area contributed by atoms with Crippen LogP contribution in [0.25, 0.3) is 10.9 Å². The smallest absolute Gasteiger partial charge is 0.248 e. The molecule has 1 fully saturated rings. The first-order chi connectivity index (χ1) is 16.6. The zero-order valence-electron chi connectivity index (χ0n) is 21.1. The number of Topliss-reactive ketones (excluding diaryl/α,β-unsaturated/α-hetero) is 1. The quantitative estimate of drug-likeness (QED) is 0.410. The van der Waals surface area contributed by atoms with Crippen molar-refractivity contribution in [2.45, 2.75) is 77.1 Å². The van der Waals surface area contributed by atoms with Crippen LogP contribution in [-0.2, 0) is 14.4 Å². The van der Waals surface area contributed by atoms with E-state index in [1.807, 2.05) is 13.1 Å². The van der Waals surface area contributed by atoms with Gasteiger partial charge in [-0.1, -0.05) is 6.92 Å². The maximum atomic E-state index is 14.1. The van der Waals surface area contributed by atoms with E-state index in [0.717, 1.165) is 16.5 Å². The van der Waals surface area contributed by atoms with E-state index < -0.39 is 18.2 Å². The van der Waals surface area contributed by atoms with Crippen LogP contribution in [-0.4, -0.2) is 70.4 Å². The maximum Gasteiger partial charge on any atom is 0.248 e. The Morgan fingerprint density at radius 1 is 1.29 bits per heavy atom. The van der Waals surface area contributed by atoms with E-state index in [2.05, 4.69) is 15.6 Å². The SMILES string of the molecule is CC[C@H](c1c[nH]c2ccc(F)cc12)[C@@H]1[C@H](CC(C)=O)CCN1C(=O)C(NC(=O)[C@H](C)NC)C(C)O. The minimum absolute atomic E-state index is 0.0392. The van der Waals surface area contributed by atoms with Gasteiger partial charge in [-0.25, -0.2) is 4.39 Å². The highest BCUT2D eigenvalue weighted by Gasteiger charge is 2.45. The molecule has 2 heterocycles. The highest BCUT2D eigenvalue weighted by atomic mass is 19.1. The molecule has 0 saturated carbocycles. The van der Waals surface area contributed by atoms with Crippen molar-refractivity contribution in [1.29, 1.82) is 0 Å². The molecule has 0 radical (unpaired) electrons. The van der Waals surface area contributed by atoms with Crippen molar-refractivity contribution in [3.8, 4) is 0 Å². The number of hydrogen-bond acceptors (Lipinski definition) is 5. The highest BCUT2D eigenvalue weighted by molar-refractivity contribution is 5.91. The second kappa shape index (κ2) is 11.3. The van der Waals surface area contributed by atoms with Gasteiger partial charge in [-0.2, -0.15) is 0 Å². The molecule has 3 rings (SSSR count). The molecule has 1 saturated heterocycles. The first-order valence-electron chi connectivity index (χ1n) is 12.3. The van der Waals surface area contributed by atoms with Crippen LogP contribution in [0.2, 0.25) is 0 Å². The molecule has 2 aromatic rings. The van der Waals surface area contributed by atoms with E-state index in [9.17, 15) is 23.9 Å². The van der Waals surface area contributed by atoms with E-state index in [0.29, 0.717) is 25.8 Å². The average Bonchev–Trinajstić information content (AvgIpc) is 3.41. The van der Waals surface area contributed by atoms with Crippen molar-refractivity contribution >= 4 is 28.5 Å². The maximum absolute atomic E-state index is 14.1. The Morgan fingerprint density at radius 2 is 2.00 bits per heavy atom. The van der Waals surface area contributed by atoms with Gasteiger partial charge >= 0.3 is 0 Å². The van der Waals surface area contributed by atoms with E-state index >= 15 is 0 Å². The number of rotatable bonds is 10. The summed E-state index contributed by atoms with van der Waals surface area (Å²) >= 11 is 0. The largest absolute Gasteiger partial charge is 0.391 e. The predicted octanol–water partition coefficient (Wildman–Crippen LogP) is 2.47. The number of nitrogens with zero attached hydrogens (tertiary/aromatic N) is 1. The standard InChI is InChI=1S/C26H37FN4O4/c1-6-19(21-13-29-22-8-7-18(27)12-20(21)22)24-17(11-14(2)32)9-10-31(24)26(35)23(16(4)33)30-25(34)15(3)28-5/h7-8,12-13,15-17,19,23-24,28-29,33H,6,9-11H2,1-5H3,(H,30,34)/t15-,16?,17-,19+,23?,24-/m0/s1. The molecule has 2 amide bonds. The number of nitrogens with one attached hydrogen (secondary N) is 3. The normalized spacial score (nSPS) is 21.5. The number of halogens is 1. The summed E-state index contributed by atoms with van der Waals surface area (Å²) in [6.45, 7) is 7.11. The molecular weight excluding hydrogens is 451 g/mol. The topological polar surface area (TPSA) is 115 Å². The van der Waals surface area contributed by atoms with Crippen LogP contribution in [0.4, 0.5) is 4.39 Å². The van der Waals surface area contributed by atoms with E-state index in [-0.39, 0.29) is 41.3 Å². The lowest BCUT2D eigenvalue weighted by Crippen LogP contribution is -2.58. The van der Waals surface area contributed by atoms with Crippen molar-refractivity contribution in [3.05, 3.63) is 35.8 Å². The Labute approximate surface area is 205 Å². The Hall–Kier alpha value is -2.78. The molecule has 1 aliphatic rings. The first kappa shape index (κ1) is 26.8. The molecule has 6 atom stereocenters. The first-order valence-corrected chi connectivity index (χ1v) is 12.3. The number of fused-ring (bicyclic) bond motifs is 1. The molecule has 1 aliphatic heterocycles. The molecule has 192 valence electrons. The summed E-state index contributed by atoms with van der Waals surface area (Å²) in [7, 11) is 1.64. The molecule has 0 aliphatic carbocycles. The molecule has 1 aromatic carbocycles. The minimum Gasteiger partial charge on any atom is -0.391 e. The fourth-order valence-corrected chi connectivity index (χ4v) is 5.32. The molecular formula is C26H37FN4O4. The minimum atomic E-state index is -1.12. The van der Waals surface area contributed by atoms with Gasteiger partial charge in [-0.05, 0) is 70.3 Å². The number of aromatic amines is 1. The number of likely N-dealkylation sites (tertiary alicyclic amines) is 1. The van der Waals surface area contributed by atoms with Crippen molar-refractivity contribution in [1.82, 2.24) is 20.5 Å². The van der Waals surface area contributed by atoms with Crippen LogP contribution in [0, 0.1) is 11.7 Å². The molecule has 1 aromatic heterocycles. The zero-order valence-corrected chi connectivity index (χ0v) is 21.1. The Balaban J connectivity index is 2.00. The molecule has 0 spiro atoms. The highest BCUT2D eigenvalue weighted by Crippen LogP contribution is 2.41. The van der Waals surface area contributed by atoms with Crippen molar-refractivity contribution < 1.29 is 23.9 Å². The van der Waals surface area contributed by atoms with E-state index in [4.69, 9.17) is 0 Å². The number of carbonyl (C=O) groups is 3. The summed E-state index contributed by atoms with van der Waals surface area (Å²) in [5.41, 5.74) is 1.69. The van der Waals surface area contributed by atoms with Crippen molar-refractivity contribution in [3.63, 3.8) is 0 Å². The monoisotopic (exact) mass is 488 g/mol. The lowest BCUT2D eigenvalue weighted by molar-refractivity contribution is -0.141. The fourth-order valence-electron chi connectivity index (χ4n) is 5.32. The van der Waals surface area contributed by atoms with Gasteiger partial charge in [0.05, 0.1) is 12.1 Å². The molecule has 2 unspecified atom stereocenters. The summed E-state index contributed by atoms with van der Waals surface area (Å²) in [5, 5.41) is 16.7. The summed E-state index contributed by atoms with van der Waals surface area (Å²) in [4.78, 5) is 43.3. The summed E-state index contributed by atoms with van der Waals surface area (Å²) < 4.78 is 14.1. The predicted molar refractivity (Wildman–Crippen MR) is 132 cm³/mol. The summed E-state index contributed by atoms with van der Waals surface area (Å²) in [5.74, 6) is -1.32. The number of aliphatic hydroxyl groups excluding tert-OH is 1. The number of H-pyrrole nitrogens is 1. The number of benzene rings is 1. The van der Waals surface area contributed by atoms with Crippen LogP contribution in [0.5, 0.6) is 0 Å². The summed E-state index contributed by atoms with van der Waals surface area (Å²) in [6, 6.07) is 2.59.